The van der Waals surface area contributed by atoms with Gasteiger partial charge in [-0.2, -0.15) is 0 Å². The molecule has 5 rings (SSSR count). The minimum absolute atomic E-state index is 0.0165. The lowest BCUT2D eigenvalue weighted by Gasteiger charge is -2.35. The molecule has 0 aliphatic carbocycles. The number of para-hydroxylation sites is 1. The molecule has 0 bridgehead atoms. The molecular weight excluding hydrogens is 560 g/mol. The summed E-state index contributed by atoms with van der Waals surface area (Å²) in [6.07, 6.45) is 1.12. The highest BCUT2D eigenvalue weighted by atomic mass is 32.2. The van der Waals surface area contributed by atoms with Crippen LogP contribution in [-0.4, -0.2) is 105 Å². The van der Waals surface area contributed by atoms with Crippen molar-refractivity contribution in [2.75, 3.05) is 64.9 Å². The summed E-state index contributed by atoms with van der Waals surface area (Å²) >= 11 is 0. The number of rotatable bonds is 9. The number of nitrogens with zero attached hydrogens (tertiary/aromatic N) is 4. The van der Waals surface area contributed by atoms with Crippen LogP contribution in [0.25, 0.3) is 5.76 Å². The summed E-state index contributed by atoms with van der Waals surface area (Å²) in [6, 6.07) is 12.5. The van der Waals surface area contributed by atoms with Gasteiger partial charge in [0.05, 0.1) is 29.4 Å². The summed E-state index contributed by atoms with van der Waals surface area (Å²) < 4.78 is 32.2. The molecule has 3 aliphatic rings. The Balaban J connectivity index is 1.68. The number of anilines is 1. The normalized spacial score (nSPS) is 22.5. The first-order valence-corrected chi connectivity index (χ1v) is 15.5. The maximum absolute atomic E-state index is 14.5. The predicted molar refractivity (Wildman–Crippen MR) is 156 cm³/mol. The Morgan fingerprint density at radius 1 is 1.00 bits per heavy atom. The van der Waals surface area contributed by atoms with Crippen LogP contribution in [0.3, 0.4) is 0 Å². The topological polar surface area (TPSA) is 128 Å². The maximum Gasteiger partial charge on any atom is 0.296 e. The first-order chi connectivity index (χ1) is 20.1. The van der Waals surface area contributed by atoms with Gasteiger partial charge in [-0.15, -0.1) is 0 Å². The molecule has 0 radical (unpaired) electrons. The van der Waals surface area contributed by atoms with Crippen LogP contribution < -0.4 is 4.90 Å². The van der Waals surface area contributed by atoms with Crippen molar-refractivity contribution in [3.8, 4) is 0 Å². The van der Waals surface area contributed by atoms with Crippen LogP contribution in [0, 0.1) is 0 Å². The Kier molecular flexibility index (Phi) is 8.26. The average Bonchev–Trinajstić information content (AvgIpc) is 3.36. The quantitative estimate of drug-likeness (QED) is 0.265. The molecule has 1 unspecified atom stereocenters. The minimum Gasteiger partial charge on any atom is -0.507 e. The van der Waals surface area contributed by atoms with Gasteiger partial charge in [-0.3, -0.25) is 19.3 Å². The molecular formula is C30H36N4O7S. The van der Waals surface area contributed by atoms with Crippen LogP contribution in [0.4, 0.5) is 5.69 Å². The number of likely N-dealkylation sites (tertiary alicyclic amines) is 1. The fraction of sp³-hybridized carbons (Fsp3) is 0.433. The van der Waals surface area contributed by atoms with Gasteiger partial charge in [0.1, 0.15) is 5.76 Å². The fourth-order valence-corrected chi connectivity index (χ4v) is 7.00. The number of aliphatic hydroxyl groups is 1. The van der Waals surface area contributed by atoms with Crippen LogP contribution in [0.15, 0.2) is 59.0 Å². The molecule has 11 nitrogen and oxygen atoms in total. The highest BCUT2D eigenvalue weighted by Gasteiger charge is 2.66. The predicted octanol–water partition coefficient (Wildman–Crippen LogP) is 1.99. The Hall–Kier alpha value is -3.58. The van der Waals surface area contributed by atoms with Crippen LogP contribution in [0.2, 0.25) is 0 Å². The van der Waals surface area contributed by atoms with E-state index in [9.17, 15) is 27.9 Å². The van der Waals surface area contributed by atoms with Crippen molar-refractivity contribution in [3.63, 3.8) is 0 Å². The van der Waals surface area contributed by atoms with Gasteiger partial charge in [0.2, 0.25) is 10.0 Å². The molecule has 2 saturated heterocycles. The average molecular weight is 597 g/mol. The summed E-state index contributed by atoms with van der Waals surface area (Å²) in [6.45, 7) is 5.77. The molecule has 2 aromatic carbocycles. The number of hydrogen-bond donors (Lipinski definition) is 1. The van der Waals surface area contributed by atoms with Crippen LogP contribution in [0.5, 0.6) is 0 Å². The summed E-state index contributed by atoms with van der Waals surface area (Å²) in [7, 11) is -1.09. The molecule has 3 aliphatic heterocycles. The third-order valence-electron chi connectivity index (χ3n) is 8.10. The molecule has 224 valence electrons. The van der Waals surface area contributed by atoms with Crippen molar-refractivity contribution in [2.24, 2.45) is 0 Å². The molecule has 2 fully saturated rings. The second-order valence-corrected chi connectivity index (χ2v) is 13.0. The highest BCUT2D eigenvalue weighted by Crippen LogP contribution is 2.53. The van der Waals surface area contributed by atoms with E-state index >= 15 is 0 Å². The zero-order valence-electron chi connectivity index (χ0n) is 24.1. The van der Waals surface area contributed by atoms with Crippen molar-refractivity contribution >= 4 is 39.1 Å². The van der Waals surface area contributed by atoms with Gasteiger partial charge in [0, 0.05) is 57.9 Å². The largest absolute Gasteiger partial charge is 0.507 e. The molecule has 2 amide bonds. The van der Waals surface area contributed by atoms with Crippen LogP contribution >= 0.6 is 0 Å². The molecule has 0 saturated carbocycles. The number of sulfonamides is 1. The molecule has 3 heterocycles. The SMILES string of the molecule is CCCN1C(=O)C2(C(=C(O)c3cccc(S(=O)(=O)N(C)C)c3)C(=O)C(=O)N2CCCN2CCOCC2)c2ccccc21. The Morgan fingerprint density at radius 2 is 1.71 bits per heavy atom. The third kappa shape index (κ3) is 4.72. The standard InChI is InChI=1S/C30H36N4O7S/c1-4-13-33-24-12-6-5-11-23(24)30(29(33)38)25(26(35)21-9-7-10-22(20-21)42(39,40)31(2)3)27(36)28(37)34(30)15-8-14-32-16-18-41-19-17-32/h5-7,9-12,20,35H,4,8,13-19H2,1-3H3. The molecule has 1 atom stereocenters. The number of amides is 2. The van der Waals surface area contributed by atoms with Crippen LogP contribution in [-0.2, 0) is 34.7 Å². The second kappa shape index (κ2) is 11.6. The van der Waals surface area contributed by atoms with Gasteiger partial charge in [0.25, 0.3) is 17.6 Å². The van der Waals surface area contributed by atoms with Crippen molar-refractivity contribution in [1.29, 1.82) is 0 Å². The van der Waals surface area contributed by atoms with Gasteiger partial charge in [-0.05, 0) is 31.0 Å². The van der Waals surface area contributed by atoms with Crippen molar-refractivity contribution in [2.45, 2.75) is 30.2 Å². The Labute approximate surface area is 246 Å². The number of carbonyl (C=O) groups excluding carboxylic acids is 3. The first-order valence-electron chi connectivity index (χ1n) is 14.1. The summed E-state index contributed by atoms with van der Waals surface area (Å²) in [4.78, 5) is 47.1. The zero-order valence-corrected chi connectivity index (χ0v) is 24.9. The monoisotopic (exact) mass is 596 g/mol. The smallest absolute Gasteiger partial charge is 0.296 e. The number of morpholine rings is 1. The highest BCUT2D eigenvalue weighted by molar-refractivity contribution is 7.89. The van der Waals surface area contributed by atoms with Gasteiger partial charge in [-0.1, -0.05) is 37.3 Å². The number of Topliss-reactive ketones (excluding diaryl/α,β-unsaturated/α-hetero) is 1. The third-order valence-corrected chi connectivity index (χ3v) is 9.91. The molecule has 0 aromatic heterocycles. The van der Waals surface area contributed by atoms with Gasteiger partial charge < -0.3 is 19.6 Å². The van der Waals surface area contributed by atoms with E-state index in [0.29, 0.717) is 50.4 Å². The van der Waals surface area contributed by atoms with Crippen molar-refractivity contribution in [1.82, 2.24) is 14.1 Å². The minimum atomic E-state index is -3.87. The van der Waals surface area contributed by atoms with Crippen molar-refractivity contribution in [3.05, 3.63) is 65.2 Å². The fourth-order valence-electron chi connectivity index (χ4n) is 6.05. The van der Waals surface area contributed by atoms with Gasteiger partial charge in [0.15, 0.2) is 5.54 Å². The second-order valence-electron chi connectivity index (χ2n) is 10.8. The first kappa shape index (κ1) is 29.9. The number of ketones is 1. The van der Waals surface area contributed by atoms with E-state index in [2.05, 4.69) is 4.90 Å². The maximum atomic E-state index is 14.5. The van der Waals surface area contributed by atoms with E-state index in [1.807, 2.05) is 6.92 Å². The summed E-state index contributed by atoms with van der Waals surface area (Å²) in [5.41, 5.74) is -1.21. The number of aliphatic hydroxyl groups excluding tert-OH is 1. The van der Waals surface area contributed by atoms with E-state index in [0.717, 1.165) is 17.4 Å². The number of ether oxygens (including phenoxy) is 1. The lowest BCUT2D eigenvalue weighted by Crippen LogP contribution is -2.52. The van der Waals surface area contributed by atoms with E-state index in [1.54, 1.807) is 29.2 Å². The van der Waals surface area contributed by atoms with Gasteiger partial charge >= 0.3 is 0 Å². The molecule has 1 spiro atoms. The molecule has 2 aromatic rings. The van der Waals surface area contributed by atoms with Crippen LogP contribution in [0.1, 0.15) is 30.9 Å². The molecule has 12 heteroatoms. The molecule has 42 heavy (non-hydrogen) atoms. The zero-order chi connectivity index (χ0) is 30.2. The van der Waals surface area contributed by atoms with E-state index in [4.69, 9.17) is 4.74 Å². The van der Waals surface area contributed by atoms with Crippen molar-refractivity contribution < 1.29 is 32.6 Å². The number of benzene rings is 2. The number of fused-ring (bicyclic) bond motifs is 2. The van der Waals surface area contributed by atoms with E-state index in [-0.39, 0.29) is 22.6 Å². The Morgan fingerprint density at radius 3 is 2.40 bits per heavy atom. The Bertz CT molecular complexity index is 1550. The van der Waals surface area contributed by atoms with Gasteiger partial charge in [-0.25, -0.2) is 12.7 Å². The molecule has 1 N–H and O–H groups in total. The summed E-state index contributed by atoms with van der Waals surface area (Å²) in [5, 5.41) is 11.7. The van der Waals surface area contributed by atoms with E-state index < -0.39 is 38.9 Å². The lowest BCUT2D eigenvalue weighted by atomic mass is 9.82. The number of hydrogen-bond acceptors (Lipinski definition) is 8. The lowest BCUT2D eigenvalue weighted by molar-refractivity contribution is -0.143. The van der Waals surface area contributed by atoms with E-state index in [1.165, 1.54) is 43.3 Å². The summed E-state index contributed by atoms with van der Waals surface area (Å²) in [5.74, 6) is -2.95. The number of carbonyl (C=O) groups is 3.